The molecule has 1 saturated carbocycles. The van der Waals surface area contributed by atoms with Gasteiger partial charge in [0, 0.05) is 17.8 Å². The largest absolute Gasteiger partial charge is 0.374 e. The summed E-state index contributed by atoms with van der Waals surface area (Å²) in [4.78, 5) is 14.1. The SMILES string of the molecule is CC(=O)c1cc(F)c(C)cc1N1CCOC2CCCC21. The summed E-state index contributed by atoms with van der Waals surface area (Å²) in [6.07, 6.45) is 3.57. The Kier molecular flexibility index (Phi) is 3.50. The number of ether oxygens (including phenoxy) is 1. The standard InChI is InChI=1S/C16H20FNO2/c1-10-8-15(12(11(2)19)9-13(10)17)18-6-7-20-16-5-3-4-14(16)18/h8-9,14,16H,3-7H2,1-2H3. The number of carbonyl (C=O) groups excluding carboxylic acids is 1. The van der Waals surface area contributed by atoms with Crippen molar-refractivity contribution in [3.05, 3.63) is 29.1 Å². The van der Waals surface area contributed by atoms with Gasteiger partial charge in [0.15, 0.2) is 5.78 Å². The van der Waals surface area contributed by atoms with Crippen molar-refractivity contribution in [2.75, 3.05) is 18.1 Å². The number of nitrogens with zero attached hydrogens (tertiary/aromatic N) is 1. The Balaban J connectivity index is 2.04. The number of carbonyl (C=O) groups is 1. The molecule has 2 aliphatic rings. The van der Waals surface area contributed by atoms with Crippen molar-refractivity contribution >= 4 is 11.5 Å². The van der Waals surface area contributed by atoms with Gasteiger partial charge in [0.2, 0.25) is 0 Å². The molecule has 0 radical (unpaired) electrons. The van der Waals surface area contributed by atoms with Gasteiger partial charge in [-0.1, -0.05) is 0 Å². The first-order valence-corrected chi connectivity index (χ1v) is 7.27. The van der Waals surface area contributed by atoms with Crippen LogP contribution in [0.2, 0.25) is 0 Å². The van der Waals surface area contributed by atoms with E-state index >= 15 is 0 Å². The van der Waals surface area contributed by atoms with Gasteiger partial charge in [-0.25, -0.2) is 4.39 Å². The van der Waals surface area contributed by atoms with Crippen molar-refractivity contribution in [1.29, 1.82) is 0 Å². The van der Waals surface area contributed by atoms with Crippen LogP contribution in [0.3, 0.4) is 0 Å². The molecular formula is C16H20FNO2. The Morgan fingerprint density at radius 2 is 2.20 bits per heavy atom. The fourth-order valence-corrected chi connectivity index (χ4v) is 3.41. The Labute approximate surface area is 118 Å². The maximum absolute atomic E-state index is 13.8. The van der Waals surface area contributed by atoms with Crippen LogP contribution in [0.15, 0.2) is 12.1 Å². The highest BCUT2D eigenvalue weighted by Gasteiger charge is 2.37. The zero-order chi connectivity index (χ0) is 14.3. The number of halogens is 1. The molecule has 2 fully saturated rings. The average Bonchev–Trinajstić information content (AvgIpc) is 2.89. The normalized spacial score (nSPS) is 25.6. The summed E-state index contributed by atoms with van der Waals surface area (Å²) in [5, 5.41) is 0. The predicted molar refractivity (Wildman–Crippen MR) is 75.9 cm³/mol. The highest BCUT2D eigenvalue weighted by molar-refractivity contribution is 6.00. The molecule has 3 nitrogen and oxygen atoms in total. The van der Waals surface area contributed by atoms with E-state index in [0.29, 0.717) is 23.8 Å². The number of hydrogen-bond acceptors (Lipinski definition) is 3. The molecule has 4 heteroatoms. The molecule has 20 heavy (non-hydrogen) atoms. The molecule has 0 N–H and O–H groups in total. The maximum atomic E-state index is 13.8. The molecule has 3 rings (SSSR count). The second-order valence-corrected chi connectivity index (χ2v) is 5.78. The van der Waals surface area contributed by atoms with Crippen LogP contribution in [0.25, 0.3) is 0 Å². The third kappa shape index (κ3) is 2.22. The summed E-state index contributed by atoms with van der Waals surface area (Å²) in [6.45, 7) is 4.69. The van der Waals surface area contributed by atoms with Crippen molar-refractivity contribution < 1.29 is 13.9 Å². The monoisotopic (exact) mass is 277 g/mol. The summed E-state index contributed by atoms with van der Waals surface area (Å²) >= 11 is 0. The van der Waals surface area contributed by atoms with Gasteiger partial charge in [-0.2, -0.15) is 0 Å². The van der Waals surface area contributed by atoms with E-state index in [9.17, 15) is 9.18 Å². The first-order valence-electron chi connectivity index (χ1n) is 7.27. The molecule has 2 unspecified atom stereocenters. The van der Waals surface area contributed by atoms with Crippen molar-refractivity contribution in [2.45, 2.75) is 45.3 Å². The number of benzene rings is 1. The maximum Gasteiger partial charge on any atom is 0.161 e. The van der Waals surface area contributed by atoms with Crippen molar-refractivity contribution in [3.63, 3.8) is 0 Å². The van der Waals surface area contributed by atoms with Gasteiger partial charge in [0.05, 0.1) is 18.8 Å². The van der Waals surface area contributed by atoms with Gasteiger partial charge in [0.25, 0.3) is 0 Å². The summed E-state index contributed by atoms with van der Waals surface area (Å²) < 4.78 is 19.6. The predicted octanol–water partition coefficient (Wildman–Crippen LogP) is 3.09. The lowest BCUT2D eigenvalue weighted by Crippen LogP contribution is -2.49. The van der Waals surface area contributed by atoms with Gasteiger partial charge < -0.3 is 9.64 Å². The van der Waals surface area contributed by atoms with Crippen LogP contribution in [0.1, 0.15) is 42.1 Å². The molecule has 0 amide bonds. The van der Waals surface area contributed by atoms with E-state index in [1.54, 1.807) is 6.92 Å². The van der Waals surface area contributed by atoms with E-state index in [1.165, 1.54) is 13.0 Å². The molecule has 1 aromatic carbocycles. The van der Waals surface area contributed by atoms with E-state index in [0.717, 1.165) is 31.5 Å². The second kappa shape index (κ2) is 5.17. The third-order valence-corrected chi connectivity index (χ3v) is 4.45. The number of anilines is 1. The van der Waals surface area contributed by atoms with Gasteiger partial charge in [0.1, 0.15) is 5.82 Å². The minimum absolute atomic E-state index is 0.0834. The van der Waals surface area contributed by atoms with Crippen LogP contribution >= 0.6 is 0 Å². The summed E-state index contributed by atoms with van der Waals surface area (Å²) in [5.74, 6) is -0.393. The minimum Gasteiger partial charge on any atom is -0.374 e. The van der Waals surface area contributed by atoms with Gasteiger partial charge in [-0.3, -0.25) is 4.79 Å². The van der Waals surface area contributed by atoms with Crippen molar-refractivity contribution in [3.8, 4) is 0 Å². The number of aryl methyl sites for hydroxylation is 1. The quantitative estimate of drug-likeness (QED) is 0.778. The molecule has 0 spiro atoms. The lowest BCUT2D eigenvalue weighted by molar-refractivity contribution is 0.0255. The summed E-state index contributed by atoms with van der Waals surface area (Å²) in [7, 11) is 0. The first kappa shape index (κ1) is 13.6. The zero-order valence-electron chi connectivity index (χ0n) is 12.0. The molecule has 1 aliphatic carbocycles. The molecule has 0 aromatic heterocycles. The highest BCUT2D eigenvalue weighted by atomic mass is 19.1. The van der Waals surface area contributed by atoms with Gasteiger partial charge in [-0.15, -0.1) is 0 Å². The van der Waals surface area contributed by atoms with E-state index in [-0.39, 0.29) is 17.7 Å². The van der Waals surface area contributed by atoms with Crippen LogP contribution in [-0.2, 0) is 4.74 Å². The Morgan fingerprint density at radius 3 is 2.95 bits per heavy atom. The van der Waals surface area contributed by atoms with E-state index in [4.69, 9.17) is 4.74 Å². The number of rotatable bonds is 2. The van der Waals surface area contributed by atoms with Crippen LogP contribution in [0.5, 0.6) is 0 Å². The fourth-order valence-electron chi connectivity index (χ4n) is 3.41. The third-order valence-electron chi connectivity index (χ3n) is 4.45. The lowest BCUT2D eigenvalue weighted by Gasteiger charge is -2.40. The van der Waals surface area contributed by atoms with Crippen LogP contribution in [0.4, 0.5) is 10.1 Å². The molecule has 2 atom stereocenters. The smallest absolute Gasteiger partial charge is 0.161 e. The summed E-state index contributed by atoms with van der Waals surface area (Å²) in [6, 6.07) is 3.52. The van der Waals surface area contributed by atoms with Crippen LogP contribution in [-0.4, -0.2) is 31.1 Å². The average molecular weight is 277 g/mol. The van der Waals surface area contributed by atoms with Crippen LogP contribution < -0.4 is 4.90 Å². The van der Waals surface area contributed by atoms with Gasteiger partial charge in [-0.05, 0) is 50.8 Å². The number of ketones is 1. The Bertz CT molecular complexity index is 544. The second-order valence-electron chi connectivity index (χ2n) is 5.78. The molecule has 108 valence electrons. The number of morpholine rings is 1. The first-order chi connectivity index (χ1) is 9.58. The number of hydrogen-bond donors (Lipinski definition) is 0. The van der Waals surface area contributed by atoms with Crippen LogP contribution in [0, 0.1) is 12.7 Å². The zero-order valence-corrected chi connectivity index (χ0v) is 12.0. The number of Topliss-reactive ketones (excluding diaryl/α,β-unsaturated/α-hetero) is 1. The van der Waals surface area contributed by atoms with E-state index in [2.05, 4.69) is 4.90 Å². The minimum atomic E-state index is -0.310. The molecule has 1 aliphatic heterocycles. The molecule has 1 heterocycles. The van der Waals surface area contributed by atoms with Gasteiger partial charge >= 0.3 is 0 Å². The molecule has 1 aromatic rings. The number of fused-ring (bicyclic) bond motifs is 1. The van der Waals surface area contributed by atoms with Crippen molar-refractivity contribution in [2.24, 2.45) is 0 Å². The highest BCUT2D eigenvalue weighted by Crippen LogP contribution is 2.35. The topological polar surface area (TPSA) is 29.5 Å². The lowest BCUT2D eigenvalue weighted by atomic mass is 10.0. The fraction of sp³-hybridized carbons (Fsp3) is 0.562. The van der Waals surface area contributed by atoms with E-state index < -0.39 is 0 Å². The van der Waals surface area contributed by atoms with E-state index in [1.807, 2.05) is 6.07 Å². The molecular weight excluding hydrogens is 257 g/mol. The Morgan fingerprint density at radius 1 is 1.40 bits per heavy atom. The molecule has 0 bridgehead atoms. The molecule has 1 saturated heterocycles. The van der Waals surface area contributed by atoms with Crippen molar-refractivity contribution in [1.82, 2.24) is 0 Å². The summed E-state index contributed by atoms with van der Waals surface area (Å²) in [5.41, 5.74) is 1.95. The Hall–Kier alpha value is -1.42.